The second-order valence-corrected chi connectivity index (χ2v) is 5.68. The Morgan fingerprint density at radius 3 is 2.84 bits per heavy atom. The Labute approximate surface area is 116 Å². The number of hydrogen-bond donors (Lipinski definition) is 1. The van der Waals surface area contributed by atoms with Gasteiger partial charge >= 0.3 is 0 Å². The highest BCUT2D eigenvalue weighted by Gasteiger charge is 2.40. The van der Waals surface area contributed by atoms with Crippen molar-refractivity contribution in [3.8, 4) is 0 Å². The molecule has 0 aliphatic heterocycles. The van der Waals surface area contributed by atoms with E-state index in [2.05, 4.69) is 43.1 Å². The number of likely N-dealkylation sites (N-methyl/N-ethyl adjacent to an activating group) is 1. The van der Waals surface area contributed by atoms with Crippen LogP contribution in [0, 0.1) is 0 Å². The molecule has 0 saturated heterocycles. The largest absolute Gasteiger partial charge is 0.383 e. The van der Waals surface area contributed by atoms with E-state index < -0.39 is 0 Å². The van der Waals surface area contributed by atoms with E-state index in [0.29, 0.717) is 12.5 Å². The van der Waals surface area contributed by atoms with E-state index in [1.807, 2.05) is 0 Å². The Balaban J connectivity index is 2.38. The molecule has 2 unspecified atom stereocenters. The van der Waals surface area contributed by atoms with Gasteiger partial charge in [-0.05, 0) is 36.9 Å². The molecule has 3 heteroatoms. The monoisotopic (exact) mass is 262 g/mol. The number of rotatable bonds is 5. The lowest BCUT2D eigenvalue weighted by molar-refractivity contribution is 0.0660. The molecule has 1 aromatic carbocycles. The van der Waals surface area contributed by atoms with Crippen molar-refractivity contribution < 1.29 is 4.74 Å². The summed E-state index contributed by atoms with van der Waals surface area (Å²) in [6, 6.07) is 8.78. The fraction of sp³-hybridized carbons (Fsp3) is 0.625. The second kappa shape index (κ2) is 6.04. The quantitative estimate of drug-likeness (QED) is 0.885. The lowest BCUT2D eigenvalue weighted by Gasteiger charge is -2.47. The summed E-state index contributed by atoms with van der Waals surface area (Å²) in [5.74, 6) is 0.631. The summed E-state index contributed by atoms with van der Waals surface area (Å²) in [6.45, 7) is 4.64. The molecule has 1 aromatic rings. The van der Waals surface area contributed by atoms with Gasteiger partial charge in [-0.1, -0.05) is 31.2 Å². The topological polar surface area (TPSA) is 38.5 Å². The maximum atomic E-state index is 6.19. The molecule has 3 nitrogen and oxygen atoms in total. The van der Waals surface area contributed by atoms with Crippen LogP contribution < -0.4 is 5.73 Å². The molecule has 1 aliphatic rings. The lowest BCUT2D eigenvalue weighted by atomic mass is 9.71. The molecule has 2 N–H and O–H groups in total. The van der Waals surface area contributed by atoms with Gasteiger partial charge in [-0.3, -0.25) is 4.90 Å². The molecular formula is C16H26N2O. The van der Waals surface area contributed by atoms with E-state index in [0.717, 1.165) is 19.6 Å². The molecule has 0 fully saturated rings. The minimum Gasteiger partial charge on any atom is -0.383 e. The summed E-state index contributed by atoms with van der Waals surface area (Å²) >= 11 is 0. The third-order valence-corrected chi connectivity index (χ3v) is 4.68. The molecule has 106 valence electrons. The van der Waals surface area contributed by atoms with Gasteiger partial charge in [-0.25, -0.2) is 0 Å². The van der Waals surface area contributed by atoms with Crippen LogP contribution >= 0.6 is 0 Å². The average Bonchev–Trinajstić information content (AvgIpc) is 2.46. The first-order valence-electron chi connectivity index (χ1n) is 7.15. The van der Waals surface area contributed by atoms with E-state index in [-0.39, 0.29) is 5.54 Å². The highest BCUT2D eigenvalue weighted by Crippen LogP contribution is 2.43. The van der Waals surface area contributed by atoms with Gasteiger partial charge in [-0.15, -0.1) is 0 Å². The summed E-state index contributed by atoms with van der Waals surface area (Å²) in [5, 5.41) is 0. The average molecular weight is 262 g/mol. The number of ether oxygens (including phenoxy) is 1. The van der Waals surface area contributed by atoms with Crippen LogP contribution in [0.25, 0.3) is 0 Å². The molecule has 2 rings (SSSR count). The number of methoxy groups -OCH3 is 1. The predicted molar refractivity (Wildman–Crippen MR) is 79.3 cm³/mol. The summed E-state index contributed by atoms with van der Waals surface area (Å²) in [6.07, 6.45) is 2.33. The van der Waals surface area contributed by atoms with Crippen molar-refractivity contribution in [2.75, 3.05) is 33.9 Å². The van der Waals surface area contributed by atoms with Gasteiger partial charge in [0.05, 0.1) is 12.1 Å². The highest BCUT2D eigenvalue weighted by molar-refractivity contribution is 5.39. The number of hydrogen-bond acceptors (Lipinski definition) is 3. The van der Waals surface area contributed by atoms with Crippen molar-refractivity contribution in [3.63, 3.8) is 0 Å². The van der Waals surface area contributed by atoms with Gasteiger partial charge in [0.25, 0.3) is 0 Å². The number of benzene rings is 1. The molecule has 0 spiro atoms. The van der Waals surface area contributed by atoms with Gasteiger partial charge in [0.1, 0.15) is 0 Å². The fourth-order valence-corrected chi connectivity index (χ4v) is 3.30. The zero-order valence-electron chi connectivity index (χ0n) is 12.4. The van der Waals surface area contributed by atoms with Crippen LogP contribution in [0.15, 0.2) is 24.3 Å². The van der Waals surface area contributed by atoms with Crippen molar-refractivity contribution in [3.05, 3.63) is 35.4 Å². The SMILES string of the molecule is COCCN(C)C1(CN)CCC(C)c2ccccc21. The van der Waals surface area contributed by atoms with Crippen LogP contribution in [0.2, 0.25) is 0 Å². The number of nitrogens with zero attached hydrogens (tertiary/aromatic N) is 1. The zero-order valence-corrected chi connectivity index (χ0v) is 12.4. The van der Waals surface area contributed by atoms with Crippen LogP contribution in [-0.2, 0) is 10.3 Å². The van der Waals surface area contributed by atoms with Gasteiger partial charge in [0, 0.05) is 20.2 Å². The predicted octanol–water partition coefficient (Wildman–Crippen LogP) is 2.32. The molecule has 0 saturated carbocycles. The Morgan fingerprint density at radius 2 is 2.16 bits per heavy atom. The van der Waals surface area contributed by atoms with E-state index in [1.165, 1.54) is 17.5 Å². The van der Waals surface area contributed by atoms with Gasteiger partial charge < -0.3 is 10.5 Å². The first-order chi connectivity index (χ1) is 9.15. The van der Waals surface area contributed by atoms with Crippen molar-refractivity contribution in [1.82, 2.24) is 4.90 Å². The third kappa shape index (κ3) is 2.55. The van der Waals surface area contributed by atoms with Crippen molar-refractivity contribution in [2.45, 2.75) is 31.2 Å². The molecule has 0 amide bonds. The molecule has 0 heterocycles. The van der Waals surface area contributed by atoms with E-state index in [4.69, 9.17) is 10.5 Å². The molecule has 0 bridgehead atoms. The molecular weight excluding hydrogens is 236 g/mol. The van der Waals surface area contributed by atoms with Crippen LogP contribution in [0.5, 0.6) is 0 Å². The van der Waals surface area contributed by atoms with Gasteiger partial charge in [0.2, 0.25) is 0 Å². The standard InChI is InChI=1S/C16H26N2O/c1-13-8-9-16(12-17,18(2)10-11-19-3)15-7-5-4-6-14(13)15/h4-7,13H,8-12,17H2,1-3H3. The summed E-state index contributed by atoms with van der Waals surface area (Å²) in [5.41, 5.74) is 9.04. The molecule has 0 aromatic heterocycles. The second-order valence-electron chi connectivity index (χ2n) is 5.68. The van der Waals surface area contributed by atoms with E-state index in [1.54, 1.807) is 7.11 Å². The Kier molecular flexibility index (Phi) is 4.61. The Hall–Kier alpha value is -0.900. The number of nitrogens with two attached hydrogens (primary N) is 1. The lowest BCUT2D eigenvalue weighted by Crippen LogP contribution is -2.52. The van der Waals surface area contributed by atoms with Gasteiger partial charge in [0.15, 0.2) is 0 Å². The molecule has 19 heavy (non-hydrogen) atoms. The molecule has 2 atom stereocenters. The highest BCUT2D eigenvalue weighted by atomic mass is 16.5. The van der Waals surface area contributed by atoms with E-state index in [9.17, 15) is 0 Å². The minimum absolute atomic E-state index is 0.0262. The Bertz CT molecular complexity index is 421. The summed E-state index contributed by atoms with van der Waals surface area (Å²) < 4.78 is 5.22. The first-order valence-corrected chi connectivity index (χ1v) is 7.15. The minimum atomic E-state index is -0.0262. The maximum absolute atomic E-state index is 6.19. The fourth-order valence-electron chi connectivity index (χ4n) is 3.30. The van der Waals surface area contributed by atoms with Crippen LogP contribution in [0.3, 0.4) is 0 Å². The number of fused-ring (bicyclic) bond motifs is 1. The van der Waals surface area contributed by atoms with Crippen LogP contribution in [0.1, 0.15) is 36.8 Å². The molecule has 0 radical (unpaired) electrons. The molecule has 1 aliphatic carbocycles. The van der Waals surface area contributed by atoms with Crippen molar-refractivity contribution in [1.29, 1.82) is 0 Å². The summed E-state index contributed by atoms with van der Waals surface area (Å²) in [4.78, 5) is 2.38. The van der Waals surface area contributed by atoms with Gasteiger partial charge in [-0.2, -0.15) is 0 Å². The van der Waals surface area contributed by atoms with Crippen LogP contribution in [-0.4, -0.2) is 38.8 Å². The normalized spacial score (nSPS) is 26.5. The van der Waals surface area contributed by atoms with E-state index >= 15 is 0 Å². The Morgan fingerprint density at radius 1 is 1.42 bits per heavy atom. The maximum Gasteiger partial charge on any atom is 0.0589 e. The van der Waals surface area contributed by atoms with Crippen molar-refractivity contribution >= 4 is 0 Å². The zero-order chi connectivity index (χ0) is 13.9. The third-order valence-electron chi connectivity index (χ3n) is 4.68. The van der Waals surface area contributed by atoms with Crippen LogP contribution in [0.4, 0.5) is 0 Å². The smallest absolute Gasteiger partial charge is 0.0589 e. The summed E-state index contributed by atoms with van der Waals surface area (Å²) in [7, 11) is 3.92. The first kappa shape index (κ1) is 14.5. The van der Waals surface area contributed by atoms with Crippen molar-refractivity contribution in [2.24, 2.45) is 5.73 Å².